The van der Waals surface area contributed by atoms with Crippen LogP contribution in [0.5, 0.6) is 5.75 Å². The monoisotopic (exact) mass is 351 g/mol. The smallest absolute Gasteiger partial charge is 0.244 e. The summed E-state index contributed by atoms with van der Waals surface area (Å²) in [6.07, 6.45) is 0.823. The molecule has 0 radical (unpaired) electrons. The van der Waals surface area contributed by atoms with Crippen LogP contribution in [0.25, 0.3) is 0 Å². The van der Waals surface area contributed by atoms with Crippen LogP contribution < -0.4 is 9.46 Å². The van der Waals surface area contributed by atoms with Crippen LogP contribution in [0.2, 0.25) is 5.02 Å². The van der Waals surface area contributed by atoms with Gasteiger partial charge in [0.25, 0.3) is 0 Å². The molecule has 0 saturated carbocycles. The second-order valence-corrected chi connectivity index (χ2v) is 8.09. The summed E-state index contributed by atoms with van der Waals surface area (Å²) in [7, 11) is -0.676. The maximum Gasteiger partial charge on any atom is 0.244 e. The van der Waals surface area contributed by atoms with Crippen molar-refractivity contribution < 1.29 is 17.9 Å². The van der Waals surface area contributed by atoms with Gasteiger partial charge in [-0.2, -0.15) is 11.8 Å². The summed E-state index contributed by atoms with van der Waals surface area (Å²) in [6, 6.07) is 4.50. The lowest BCUT2D eigenvalue weighted by Gasteiger charge is -2.26. The molecule has 1 unspecified atom stereocenters. The minimum Gasteiger partial charge on any atom is -0.495 e. The number of thioether (sulfide) groups is 1. The SMILES string of the molecule is COc1ccc(Cl)cc1S(=O)(=O)NCC1(OC)CCSC1. The first-order valence-electron chi connectivity index (χ1n) is 6.38. The predicted molar refractivity (Wildman–Crippen MR) is 84.9 cm³/mol. The number of halogens is 1. The van der Waals surface area contributed by atoms with Crippen LogP contribution >= 0.6 is 23.4 Å². The van der Waals surface area contributed by atoms with Crippen molar-refractivity contribution in [3.8, 4) is 5.75 Å². The Hall–Kier alpha value is -0.470. The van der Waals surface area contributed by atoms with Crippen LogP contribution in [0.3, 0.4) is 0 Å². The molecule has 1 aromatic rings. The Bertz CT molecular complexity index is 600. The number of ether oxygens (including phenoxy) is 2. The van der Waals surface area contributed by atoms with E-state index in [9.17, 15) is 8.42 Å². The molecule has 1 saturated heterocycles. The molecule has 0 bridgehead atoms. The van der Waals surface area contributed by atoms with Gasteiger partial charge >= 0.3 is 0 Å². The Morgan fingerprint density at radius 2 is 2.19 bits per heavy atom. The van der Waals surface area contributed by atoms with E-state index in [0.717, 1.165) is 17.9 Å². The van der Waals surface area contributed by atoms with Gasteiger partial charge in [-0.25, -0.2) is 13.1 Å². The number of sulfonamides is 1. The molecule has 118 valence electrons. The molecule has 1 fully saturated rings. The Kier molecular flexibility index (Phi) is 5.43. The van der Waals surface area contributed by atoms with E-state index in [1.807, 2.05) is 0 Å². The van der Waals surface area contributed by atoms with Crippen LogP contribution in [-0.2, 0) is 14.8 Å². The van der Waals surface area contributed by atoms with Gasteiger partial charge in [-0.05, 0) is 30.4 Å². The lowest BCUT2D eigenvalue weighted by molar-refractivity contribution is 0.0179. The van der Waals surface area contributed by atoms with Crippen LogP contribution in [0.1, 0.15) is 6.42 Å². The molecule has 2 rings (SSSR count). The van der Waals surface area contributed by atoms with Gasteiger partial charge < -0.3 is 9.47 Å². The zero-order valence-electron chi connectivity index (χ0n) is 11.9. The number of rotatable bonds is 6. The minimum atomic E-state index is -3.71. The van der Waals surface area contributed by atoms with E-state index in [-0.39, 0.29) is 17.2 Å². The van der Waals surface area contributed by atoms with E-state index >= 15 is 0 Å². The molecule has 1 heterocycles. The summed E-state index contributed by atoms with van der Waals surface area (Å²) in [6.45, 7) is 0.231. The first-order valence-corrected chi connectivity index (χ1v) is 9.40. The summed E-state index contributed by atoms with van der Waals surface area (Å²) in [5.74, 6) is 2.01. The topological polar surface area (TPSA) is 64.6 Å². The lowest BCUT2D eigenvalue weighted by Crippen LogP contribution is -2.44. The second-order valence-electron chi connectivity index (χ2n) is 4.81. The highest BCUT2D eigenvalue weighted by molar-refractivity contribution is 7.99. The van der Waals surface area contributed by atoms with Gasteiger partial charge in [-0.3, -0.25) is 0 Å². The molecule has 1 aliphatic heterocycles. The van der Waals surface area contributed by atoms with Gasteiger partial charge in [0.05, 0.1) is 12.7 Å². The molecule has 1 N–H and O–H groups in total. The Morgan fingerprint density at radius 1 is 1.43 bits per heavy atom. The maximum absolute atomic E-state index is 12.5. The summed E-state index contributed by atoms with van der Waals surface area (Å²) >= 11 is 7.64. The van der Waals surface area contributed by atoms with E-state index in [0.29, 0.717) is 5.02 Å². The van der Waals surface area contributed by atoms with Gasteiger partial charge in [-0.15, -0.1) is 0 Å². The lowest BCUT2D eigenvalue weighted by atomic mass is 10.0. The quantitative estimate of drug-likeness (QED) is 0.850. The summed E-state index contributed by atoms with van der Waals surface area (Å²) in [5.41, 5.74) is -0.441. The number of nitrogens with one attached hydrogen (secondary N) is 1. The fourth-order valence-electron chi connectivity index (χ4n) is 2.13. The fraction of sp³-hybridized carbons (Fsp3) is 0.538. The second kappa shape index (κ2) is 6.75. The maximum atomic E-state index is 12.5. The van der Waals surface area contributed by atoms with E-state index in [1.165, 1.54) is 19.2 Å². The third-order valence-electron chi connectivity index (χ3n) is 3.50. The number of methoxy groups -OCH3 is 2. The van der Waals surface area contributed by atoms with Crippen LogP contribution in [0.15, 0.2) is 23.1 Å². The highest BCUT2D eigenvalue weighted by atomic mass is 35.5. The van der Waals surface area contributed by atoms with Gasteiger partial charge in [0.15, 0.2) is 0 Å². The zero-order valence-corrected chi connectivity index (χ0v) is 14.3. The highest BCUT2D eigenvalue weighted by Gasteiger charge is 2.36. The van der Waals surface area contributed by atoms with Gasteiger partial charge in [-0.1, -0.05) is 11.6 Å². The van der Waals surface area contributed by atoms with Crippen molar-refractivity contribution in [1.82, 2.24) is 4.72 Å². The summed E-state index contributed by atoms with van der Waals surface area (Å²) < 4.78 is 38.1. The van der Waals surface area contributed by atoms with Crippen molar-refractivity contribution in [2.24, 2.45) is 0 Å². The molecule has 0 amide bonds. The predicted octanol–water partition coefficient (Wildman–Crippen LogP) is 2.15. The number of hydrogen-bond donors (Lipinski definition) is 1. The number of hydrogen-bond acceptors (Lipinski definition) is 5. The third-order valence-corrected chi connectivity index (χ3v) is 6.38. The van der Waals surface area contributed by atoms with Crippen LogP contribution in [-0.4, -0.2) is 46.3 Å². The fourth-order valence-corrected chi connectivity index (χ4v) is 5.07. The van der Waals surface area contributed by atoms with Crippen molar-refractivity contribution in [1.29, 1.82) is 0 Å². The standard InChI is InChI=1S/C13H18ClNO4S2/c1-18-11-4-3-10(14)7-12(11)21(16,17)15-8-13(19-2)5-6-20-9-13/h3-4,7,15H,5-6,8-9H2,1-2H3. The Balaban J connectivity index is 2.20. The molecule has 5 nitrogen and oxygen atoms in total. The molecule has 8 heteroatoms. The van der Waals surface area contributed by atoms with Crippen molar-refractivity contribution in [3.63, 3.8) is 0 Å². The van der Waals surface area contributed by atoms with Crippen molar-refractivity contribution in [2.45, 2.75) is 16.9 Å². The highest BCUT2D eigenvalue weighted by Crippen LogP contribution is 2.31. The van der Waals surface area contributed by atoms with E-state index in [1.54, 1.807) is 24.9 Å². The third kappa shape index (κ3) is 3.84. The van der Waals surface area contributed by atoms with Gasteiger partial charge in [0.1, 0.15) is 10.6 Å². The van der Waals surface area contributed by atoms with Gasteiger partial charge in [0.2, 0.25) is 10.0 Å². The molecule has 0 aromatic heterocycles. The van der Waals surface area contributed by atoms with Crippen molar-refractivity contribution in [3.05, 3.63) is 23.2 Å². The Labute approximate surface area is 134 Å². The van der Waals surface area contributed by atoms with E-state index < -0.39 is 15.6 Å². The van der Waals surface area contributed by atoms with Crippen molar-refractivity contribution in [2.75, 3.05) is 32.3 Å². The molecular formula is C13H18ClNO4S2. The van der Waals surface area contributed by atoms with Gasteiger partial charge in [0, 0.05) is 24.4 Å². The first kappa shape index (κ1) is 16.9. The average molecular weight is 352 g/mol. The average Bonchev–Trinajstić information content (AvgIpc) is 2.95. The molecule has 0 aliphatic carbocycles. The normalized spacial score (nSPS) is 22.4. The summed E-state index contributed by atoms with van der Waals surface area (Å²) in [5, 5.41) is 0.342. The molecule has 1 atom stereocenters. The molecule has 1 aliphatic rings. The Morgan fingerprint density at radius 3 is 2.76 bits per heavy atom. The number of benzene rings is 1. The van der Waals surface area contributed by atoms with E-state index in [4.69, 9.17) is 21.1 Å². The molecule has 0 spiro atoms. The minimum absolute atomic E-state index is 0.0365. The largest absolute Gasteiger partial charge is 0.495 e. The first-order chi connectivity index (χ1) is 9.92. The van der Waals surface area contributed by atoms with Crippen LogP contribution in [0, 0.1) is 0 Å². The van der Waals surface area contributed by atoms with Crippen molar-refractivity contribution >= 4 is 33.4 Å². The molecular weight excluding hydrogens is 334 g/mol. The van der Waals surface area contributed by atoms with E-state index in [2.05, 4.69) is 4.72 Å². The zero-order chi connectivity index (χ0) is 15.5. The van der Waals surface area contributed by atoms with Crippen LogP contribution in [0.4, 0.5) is 0 Å². The molecule has 1 aromatic carbocycles. The summed E-state index contributed by atoms with van der Waals surface area (Å²) in [4.78, 5) is 0.0365. The molecule has 21 heavy (non-hydrogen) atoms.